The van der Waals surface area contributed by atoms with Gasteiger partial charge in [-0.25, -0.2) is 4.39 Å². The molecule has 0 unspecified atom stereocenters. The second-order valence-corrected chi connectivity index (χ2v) is 7.17. The molecule has 0 aliphatic rings. The fourth-order valence-electron chi connectivity index (χ4n) is 2.45. The Labute approximate surface area is 156 Å². The molecule has 0 spiro atoms. The number of benzene rings is 2. The first-order chi connectivity index (χ1) is 12.1. The Morgan fingerprint density at radius 2 is 2.12 bits per heavy atom. The van der Waals surface area contributed by atoms with E-state index in [2.05, 4.69) is 20.9 Å². The normalized spacial score (nSPS) is 12.0. The summed E-state index contributed by atoms with van der Waals surface area (Å²) in [6, 6.07) is 11.9. The molecular formula is C18H16BrFN2O2S. The number of halogens is 2. The van der Waals surface area contributed by atoms with Crippen LogP contribution in [0.1, 0.15) is 17.3 Å². The summed E-state index contributed by atoms with van der Waals surface area (Å²) >= 11 is 4.64. The van der Waals surface area contributed by atoms with E-state index >= 15 is 0 Å². The first-order valence-electron chi connectivity index (χ1n) is 7.80. The lowest BCUT2D eigenvalue weighted by Gasteiger charge is -2.06. The van der Waals surface area contributed by atoms with E-state index in [1.165, 1.54) is 17.4 Å². The second-order valence-electron chi connectivity index (χ2n) is 5.25. The maximum absolute atomic E-state index is 14.3. The SMILES string of the molecule is CCOCCn1c(=NC(=O)c2cccc(Br)c2)sc2cccc(F)c21. The summed E-state index contributed by atoms with van der Waals surface area (Å²) < 4.78 is 22.9. The molecule has 1 amide bonds. The molecule has 0 radical (unpaired) electrons. The minimum atomic E-state index is -0.363. The van der Waals surface area contributed by atoms with Gasteiger partial charge in [0.25, 0.3) is 5.91 Å². The van der Waals surface area contributed by atoms with Crippen molar-refractivity contribution in [1.82, 2.24) is 4.57 Å². The summed E-state index contributed by atoms with van der Waals surface area (Å²) in [6.45, 7) is 3.34. The average molecular weight is 423 g/mol. The van der Waals surface area contributed by atoms with Crippen LogP contribution in [0.25, 0.3) is 10.2 Å². The molecule has 1 heterocycles. The third kappa shape index (κ3) is 4.05. The molecule has 0 saturated carbocycles. The number of hydrogen-bond acceptors (Lipinski definition) is 3. The van der Waals surface area contributed by atoms with Crippen molar-refractivity contribution in [2.45, 2.75) is 13.5 Å². The van der Waals surface area contributed by atoms with Gasteiger partial charge >= 0.3 is 0 Å². The van der Waals surface area contributed by atoms with Gasteiger partial charge in [-0.15, -0.1) is 0 Å². The fraction of sp³-hybridized carbons (Fsp3) is 0.222. The Morgan fingerprint density at radius 1 is 1.32 bits per heavy atom. The molecule has 0 aliphatic heterocycles. The van der Waals surface area contributed by atoms with E-state index in [0.717, 1.165) is 9.17 Å². The van der Waals surface area contributed by atoms with Gasteiger partial charge in [0.05, 0.1) is 16.8 Å². The molecule has 1 aromatic heterocycles. The van der Waals surface area contributed by atoms with E-state index in [0.29, 0.717) is 35.6 Å². The molecule has 2 aromatic carbocycles. The van der Waals surface area contributed by atoms with Gasteiger partial charge in [0.1, 0.15) is 5.82 Å². The second kappa shape index (κ2) is 8.03. The number of fused-ring (bicyclic) bond motifs is 1. The summed E-state index contributed by atoms with van der Waals surface area (Å²) in [6.07, 6.45) is 0. The number of nitrogens with zero attached hydrogens (tertiary/aromatic N) is 2. The third-order valence-electron chi connectivity index (χ3n) is 3.58. The summed E-state index contributed by atoms with van der Waals surface area (Å²) in [7, 11) is 0. The van der Waals surface area contributed by atoms with E-state index < -0.39 is 0 Å². The Hall–Kier alpha value is -1.83. The lowest BCUT2D eigenvalue weighted by Crippen LogP contribution is -2.20. The number of hydrogen-bond donors (Lipinski definition) is 0. The predicted molar refractivity (Wildman–Crippen MR) is 100 cm³/mol. The molecule has 3 rings (SSSR count). The van der Waals surface area contributed by atoms with Gasteiger partial charge in [0.2, 0.25) is 0 Å². The lowest BCUT2D eigenvalue weighted by molar-refractivity contribution is 0.0996. The van der Waals surface area contributed by atoms with Crippen LogP contribution < -0.4 is 4.80 Å². The molecule has 3 aromatic rings. The highest BCUT2D eigenvalue weighted by Crippen LogP contribution is 2.20. The molecule has 7 heteroatoms. The number of ether oxygens (including phenoxy) is 1. The van der Waals surface area contributed by atoms with Crippen LogP contribution in [0.2, 0.25) is 0 Å². The zero-order valence-electron chi connectivity index (χ0n) is 13.5. The number of amides is 1. The summed E-state index contributed by atoms with van der Waals surface area (Å²) in [5.41, 5.74) is 0.927. The van der Waals surface area contributed by atoms with Crippen LogP contribution in [0.4, 0.5) is 4.39 Å². The summed E-state index contributed by atoms with van der Waals surface area (Å²) in [5.74, 6) is -0.694. The molecular weight excluding hydrogens is 407 g/mol. The van der Waals surface area contributed by atoms with E-state index in [9.17, 15) is 9.18 Å². The summed E-state index contributed by atoms with van der Waals surface area (Å²) in [5, 5.41) is 0. The van der Waals surface area contributed by atoms with Gasteiger partial charge in [-0.05, 0) is 37.3 Å². The van der Waals surface area contributed by atoms with Crippen LogP contribution in [0, 0.1) is 5.82 Å². The highest BCUT2D eigenvalue weighted by atomic mass is 79.9. The highest BCUT2D eigenvalue weighted by molar-refractivity contribution is 9.10. The van der Waals surface area contributed by atoms with E-state index in [1.54, 1.807) is 28.8 Å². The lowest BCUT2D eigenvalue weighted by atomic mass is 10.2. The van der Waals surface area contributed by atoms with Crippen LogP contribution in [0.5, 0.6) is 0 Å². The monoisotopic (exact) mass is 422 g/mol. The molecule has 0 fully saturated rings. The number of rotatable bonds is 5. The van der Waals surface area contributed by atoms with Crippen molar-refractivity contribution in [3.8, 4) is 0 Å². The van der Waals surface area contributed by atoms with E-state index in [1.807, 2.05) is 19.1 Å². The Morgan fingerprint density at radius 3 is 2.88 bits per heavy atom. The van der Waals surface area contributed by atoms with Crippen LogP contribution in [0.15, 0.2) is 51.9 Å². The molecule has 0 N–H and O–H groups in total. The number of para-hydroxylation sites is 1. The zero-order chi connectivity index (χ0) is 17.8. The average Bonchev–Trinajstić information content (AvgIpc) is 2.94. The van der Waals surface area contributed by atoms with Gasteiger partial charge in [0.15, 0.2) is 4.80 Å². The van der Waals surface area contributed by atoms with Crippen molar-refractivity contribution in [2.24, 2.45) is 4.99 Å². The molecule has 130 valence electrons. The minimum absolute atomic E-state index is 0.332. The van der Waals surface area contributed by atoms with Crippen molar-refractivity contribution in [2.75, 3.05) is 13.2 Å². The standard InChI is InChI=1S/C18H16BrFN2O2S/c1-2-24-10-9-22-16-14(20)7-4-8-15(16)25-18(22)21-17(23)12-5-3-6-13(19)11-12/h3-8,11H,2,9-10H2,1H3. The molecule has 0 aliphatic carbocycles. The predicted octanol–water partition coefficient (Wildman–Crippen LogP) is 4.38. The smallest absolute Gasteiger partial charge is 0.279 e. The zero-order valence-corrected chi connectivity index (χ0v) is 15.9. The third-order valence-corrected chi connectivity index (χ3v) is 5.12. The maximum atomic E-state index is 14.3. The fourth-order valence-corrected chi connectivity index (χ4v) is 3.92. The van der Waals surface area contributed by atoms with E-state index in [-0.39, 0.29) is 11.7 Å². The number of carbonyl (C=O) groups is 1. The van der Waals surface area contributed by atoms with E-state index in [4.69, 9.17) is 4.74 Å². The summed E-state index contributed by atoms with van der Waals surface area (Å²) in [4.78, 5) is 17.2. The molecule has 4 nitrogen and oxygen atoms in total. The van der Waals surface area contributed by atoms with Crippen LogP contribution in [0.3, 0.4) is 0 Å². The number of thiazole rings is 1. The van der Waals surface area contributed by atoms with Crippen LogP contribution in [-0.4, -0.2) is 23.7 Å². The topological polar surface area (TPSA) is 43.6 Å². The molecule has 0 saturated heterocycles. The van der Waals surface area contributed by atoms with Crippen molar-refractivity contribution in [3.05, 3.63) is 63.1 Å². The van der Waals surface area contributed by atoms with Crippen LogP contribution >= 0.6 is 27.3 Å². The molecule has 0 atom stereocenters. The number of aromatic nitrogens is 1. The molecule has 25 heavy (non-hydrogen) atoms. The highest BCUT2D eigenvalue weighted by Gasteiger charge is 2.12. The van der Waals surface area contributed by atoms with Gasteiger partial charge in [-0.1, -0.05) is 39.4 Å². The van der Waals surface area contributed by atoms with Crippen LogP contribution in [-0.2, 0) is 11.3 Å². The van der Waals surface area contributed by atoms with Gasteiger partial charge in [0, 0.05) is 23.2 Å². The Balaban J connectivity index is 2.09. The van der Waals surface area contributed by atoms with Crippen molar-refractivity contribution >= 4 is 43.4 Å². The Bertz CT molecular complexity index is 981. The van der Waals surface area contributed by atoms with Gasteiger partial charge in [-0.2, -0.15) is 4.99 Å². The Kier molecular flexibility index (Phi) is 5.78. The quantitative estimate of drug-likeness (QED) is 0.572. The molecule has 0 bridgehead atoms. The van der Waals surface area contributed by atoms with Crippen molar-refractivity contribution in [1.29, 1.82) is 0 Å². The van der Waals surface area contributed by atoms with Crippen molar-refractivity contribution in [3.63, 3.8) is 0 Å². The first-order valence-corrected chi connectivity index (χ1v) is 9.41. The van der Waals surface area contributed by atoms with Crippen molar-refractivity contribution < 1.29 is 13.9 Å². The first kappa shape index (κ1) is 18.0. The number of carbonyl (C=O) groups excluding carboxylic acids is 1. The minimum Gasteiger partial charge on any atom is -0.380 e. The van der Waals surface area contributed by atoms with Gasteiger partial charge in [-0.3, -0.25) is 4.79 Å². The largest absolute Gasteiger partial charge is 0.380 e. The van der Waals surface area contributed by atoms with Gasteiger partial charge < -0.3 is 9.30 Å². The maximum Gasteiger partial charge on any atom is 0.279 e.